The molecule has 3 N–H and O–H groups in total. The van der Waals surface area contributed by atoms with E-state index < -0.39 is 0 Å². The Balaban J connectivity index is 1.61. The molecule has 0 bridgehead atoms. The molecule has 20 heavy (non-hydrogen) atoms. The Labute approximate surface area is 116 Å². The lowest BCUT2D eigenvalue weighted by Gasteiger charge is -2.30. The van der Waals surface area contributed by atoms with Gasteiger partial charge in [-0.15, -0.1) is 5.10 Å². The molecule has 0 atom stereocenters. The molecule has 0 aromatic carbocycles. The predicted octanol–water partition coefficient (Wildman–Crippen LogP) is -1.24. The Morgan fingerprint density at radius 2 is 2.00 bits per heavy atom. The highest BCUT2D eigenvalue weighted by atomic mass is 16.2. The van der Waals surface area contributed by atoms with Crippen LogP contribution in [0.3, 0.4) is 0 Å². The second-order valence-corrected chi connectivity index (χ2v) is 5.36. The molecular formula is C12H18N6O2. The molecule has 2 fully saturated rings. The van der Waals surface area contributed by atoms with E-state index in [0.29, 0.717) is 37.7 Å². The fourth-order valence-corrected chi connectivity index (χ4v) is 2.54. The van der Waals surface area contributed by atoms with Crippen LogP contribution in [0.4, 0.5) is 0 Å². The first-order chi connectivity index (χ1) is 9.65. The number of nitrogens with zero attached hydrogens (tertiary/aromatic N) is 4. The minimum atomic E-state index is -0.277. The van der Waals surface area contributed by atoms with Gasteiger partial charge >= 0.3 is 0 Å². The van der Waals surface area contributed by atoms with Gasteiger partial charge in [0.05, 0.1) is 12.2 Å². The number of likely N-dealkylation sites (tertiary alicyclic amines) is 1. The number of hydrogen-bond acceptors (Lipinski definition) is 5. The van der Waals surface area contributed by atoms with Gasteiger partial charge in [0, 0.05) is 32.1 Å². The van der Waals surface area contributed by atoms with Gasteiger partial charge in [-0.05, 0) is 12.8 Å². The van der Waals surface area contributed by atoms with Crippen LogP contribution in [0.25, 0.3) is 0 Å². The van der Waals surface area contributed by atoms with Crippen LogP contribution in [0.1, 0.15) is 29.4 Å². The van der Waals surface area contributed by atoms with Crippen molar-refractivity contribution in [3.05, 3.63) is 11.9 Å². The maximum Gasteiger partial charge on any atom is 0.276 e. The fourth-order valence-electron chi connectivity index (χ4n) is 2.54. The molecule has 3 heterocycles. The van der Waals surface area contributed by atoms with Gasteiger partial charge in [0.15, 0.2) is 5.69 Å². The van der Waals surface area contributed by atoms with Crippen LogP contribution in [0.5, 0.6) is 0 Å². The smallest absolute Gasteiger partial charge is 0.276 e. The van der Waals surface area contributed by atoms with E-state index in [1.54, 1.807) is 15.8 Å². The zero-order valence-corrected chi connectivity index (χ0v) is 11.2. The molecule has 1 aromatic heterocycles. The molecule has 1 aromatic rings. The third kappa shape index (κ3) is 2.38. The SMILES string of the molecule is NC(=O)C1CCN(C(=O)c2cn(C3CNC3)nn2)CC1. The summed E-state index contributed by atoms with van der Waals surface area (Å²) in [7, 11) is 0. The van der Waals surface area contributed by atoms with Crippen molar-refractivity contribution in [1.82, 2.24) is 25.2 Å². The summed E-state index contributed by atoms with van der Waals surface area (Å²) in [6.07, 6.45) is 2.96. The third-order valence-electron chi connectivity index (χ3n) is 4.05. The number of nitrogens with two attached hydrogens (primary N) is 1. The third-order valence-corrected chi connectivity index (χ3v) is 4.05. The molecule has 0 aliphatic carbocycles. The average Bonchev–Trinajstić information content (AvgIpc) is 2.85. The van der Waals surface area contributed by atoms with E-state index in [4.69, 9.17) is 5.73 Å². The van der Waals surface area contributed by atoms with Gasteiger partial charge in [-0.3, -0.25) is 9.59 Å². The van der Waals surface area contributed by atoms with Crippen LogP contribution in [-0.4, -0.2) is 57.9 Å². The quantitative estimate of drug-likeness (QED) is 0.719. The van der Waals surface area contributed by atoms with Crippen molar-refractivity contribution < 1.29 is 9.59 Å². The van der Waals surface area contributed by atoms with Crippen LogP contribution in [-0.2, 0) is 4.79 Å². The summed E-state index contributed by atoms with van der Waals surface area (Å²) < 4.78 is 1.74. The molecule has 2 amide bonds. The second-order valence-electron chi connectivity index (χ2n) is 5.36. The van der Waals surface area contributed by atoms with E-state index in [2.05, 4.69) is 15.6 Å². The highest BCUT2D eigenvalue weighted by Crippen LogP contribution is 2.18. The van der Waals surface area contributed by atoms with Crippen molar-refractivity contribution in [3.63, 3.8) is 0 Å². The standard InChI is InChI=1S/C12H18N6O2/c13-11(19)8-1-3-17(4-2-8)12(20)10-7-18(16-15-10)9-5-14-6-9/h7-9,14H,1-6H2,(H2,13,19). The summed E-state index contributed by atoms with van der Waals surface area (Å²) in [6, 6.07) is 0.296. The molecule has 0 saturated carbocycles. The van der Waals surface area contributed by atoms with Crippen LogP contribution < -0.4 is 11.1 Å². The first-order valence-corrected chi connectivity index (χ1v) is 6.86. The Kier molecular flexibility index (Phi) is 3.39. The molecule has 2 aliphatic rings. The second kappa shape index (κ2) is 5.20. The Morgan fingerprint density at radius 3 is 2.55 bits per heavy atom. The summed E-state index contributed by atoms with van der Waals surface area (Å²) in [5.41, 5.74) is 5.65. The predicted molar refractivity (Wildman–Crippen MR) is 69.8 cm³/mol. The highest BCUT2D eigenvalue weighted by molar-refractivity contribution is 5.92. The first-order valence-electron chi connectivity index (χ1n) is 6.86. The fraction of sp³-hybridized carbons (Fsp3) is 0.667. The Bertz CT molecular complexity index is 516. The number of piperidine rings is 1. The van der Waals surface area contributed by atoms with Gasteiger partial charge in [0.25, 0.3) is 5.91 Å². The van der Waals surface area contributed by atoms with E-state index in [9.17, 15) is 9.59 Å². The van der Waals surface area contributed by atoms with Crippen LogP contribution in [0.2, 0.25) is 0 Å². The number of amides is 2. The summed E-state index contributed by atoms with van der Waals surface area (Å²) >= 11 is 0. The van der Waals surface area contributed by atoms with Gasteiger partial charge in [-0.1, -0.05) is 5.21 Å². The van der Waals surface area contributed by atoms with Gasteiger partial charge < -0.3 is 16.0 Å². The molecule has 2 saturated heterocycles. The minimum Gasteiger partial charge on any atom is -0.369 e. The van der Waals surface area contributed by atoms with E-state index in [-0.39, 0.29) is 17.7 Å². The van der Waals surface area contributed by atoms with Crippen molar-refractivity contribution in [2.24, 2.45) is 11.7 Å². The van der Waals surface area contributed by atoms with Crippen molar-refractivity contribution in [2.45, 2.75) is 18.9 Å². The van der Waals surface area contributed by atoms with Crippen molar-refractivity contribution in [1.29, 1.82) is 0 Å². The van der Waals surface area contributed by atoms with Gasteiger partial charge in [-0.25, -0.2) is 4.68 Å². The molecular weight excluding hydrogens is 260 g/mol. The highest BCUT2D eigenvalue weighted by Gasteiger charge is 2.28. The average molecular weight is 278 g/mol. The number of hydrogen-bond donors (Lipinski definition) is 2. The Morgan fingerprint density at radius 1 is 1.30 bits per heavy atom. The largest absolute Gasteiger partial charge is 0.369 e. The number of rotatable bonds is 3. The lowest BCUT2D eigenvalue weighted by atomic mass is 9.96. The summed E-state index contributed by atoms with van der Waals surface area (Å²) in [5.74, 6) is -0.511. The lowest BCUT2D eigenvalue weighted by molar-refractivity contribution is -0.123. The number of carbonyl (C=O) groups is 2. The maximum atomic E-state index is 12.3. The van der Waals surface area contributed by atoms with E-state index in [1.165, 1.54) is 0 Å². The molecule has 0 unspecified atom stereocenters. The molecule has 8 heteroatoms. The Hall–Kier alpha value is -1.96. The van der Waals surface area contributed by atoms with Crippen molar-refractivity contribution in [3.8, 4) is 0 Å². The number of carbonyl (C=O) groups excluding carboxylic acids is 2. The molecule has 0 radical (unpaired) electrons. The topological polar surface area (TPSA) is 106 Å². The minimum absolute atomic E-state index is 0.115. The molecule has 8 nitrogen and oxygen atoms in total. The number of aromatic nitrogens is 3. The van der Waals surface area contributed by atoms with Gasteiger partial charge in [-0.2, -0.15) is 0 Å². The van der Waals surface area contributed by atoms with Crippen molar-refractivity contribution >= 4 is 11.8 Å². The van der Waals surface area contributed by atoms with Crippen molar-refractivity contribution in [2.75, 3.05) is 26.2 Å². The van der Waals surface area contributed by atoms with E-state index in [1.807, 2.05) is 0 Å². The molecule has 3 rings (SSSR count). The number of nitrogens with one attached hydrogen (secondary N) is 1. The number of primary amides is 1. The monoisotopic (exact) mass is 278 g/mol. The molecule has 108 valence electrons. The lowest BCUT2D eigenvalue weighted by Crippen LogP contribution is -2.43. The molecule has 0 spiro atoms. The zero-order chi connectivity index (χ0) is 14.1. The molecule has 2 aliphatic heterocycles. The van der Waals surface area contributed by atoms with Crippen LogP contribution >= 0.6 is 0 Å². The summed E-state index contributed by atoms with van der Waals surface area (Å²) in [6.45, 7) is 2.82. The van der Waals surface area contributed by atoms with Gasteiger partial charge in [0.1, 0.15) is 0 Å². The van der Waals surface area contributed by atoms with E-state index in [0.717, 1.165) is 13.1 Å². The summed E-state index contributed by atoms with van der Waals surface area (Å²) in [5, 5.41) is 11.1. The van der Waals surface area contributed by atoms with Crippen LogP contribution in [0.15, 0.2) is 6.20 Å². The van der Waals surface area contributed by atoms with E-state index >= 15 is 0 Å². The zero-order valence-electron chi connectivity index (χ0n) is 11.2. The van der Waals surface area contributed by atoms with Crippen LogP contribution in [0, 0.1) is 5.92 Å². The maximum absolute atomic E-state index is 12.3. The van der Waals surface area contributed by atoms with Gasteiger partial charge in [0.2, 0.25) is 5.91 Å². The normalized spacial score (nSPS) is 20.7. The first kappa shape index (κ1) is 13.0. The summed E-state index contributed by atoms with van der Waals surface area (Å²) in [4.78, 5) is 25.1.